The Morgan fingerprint density at radius 1 is 1.26 bits per heavy atom. The van der Waals surface area contributed by atoms with Crippen LogP contribution in [-0.2, 0) is 4.79 Å². The Hall–Kier alpha value is -2.00. The second-order valence-corrected chi connectivity index (χ2v) is 7.57. The average Bonchev–Trinajstić information content (AvgIpc) is 3.16. The molecule has 1 amide bonds. The first-order valence-electron chi connectivity index (χ1n) is 8.74. The van der Waals surface area contributed by atoms with E-state index in [0.29, 0.717) is 33.4 Å². The molecular weight excluding hydrogens is 390 g/mol. The lowest BCUT2D eigenvalue weighted by Gasteiger charge is -2.21. The summed E-state index contributed by atoms with van der Waals surface area (Å²) in [5, 5.41) is 15.8. The number of nitrogens with zero attached hydrogens (tertiary/aromatic N) is 4. The van der Waals surface area contributed by atoms with Gasteiger partial charge < -0.3 is 14.8 Å². The van der Waals surface area contributed by atoms with E-state index >= 15 is 0 Å². The van der Waals surface area contributed by atoms with E-state index < -0.39 is 0 Å². The fraction of sp³-hybridized carbons (Fsp3) is 0.529. The zero-order valence-corrected chi connectivity index (χ0v) is 16.8. The van der Waals surface area contributed by atoms with Crippen molar-refractivity contribution in [3.63, 3.8) is 0 Å². The van der Waals surface area contributed by atoms with Crippen LogP contribution >= 0.6 is 23.4 Å². The van der Waals surface area contributed by atoms with Crippen LogP contribution in [0.1, 0.15) is 38.1 Å². The van der Waals surface area contributed by atoms with Crippen molar-refractivity contribution in [2.24, 2.45) is 0 Å². The van der Waals surface area contributed by atoms with Crippen LogP contribution in [-0.4, -0.2) is 46.1 Å². The van der Waals surface area contributed by atoms with Crippen LogP contribution in [0.15, 0.2) is 17.3 Å². The van der Waals surface area contributed by atoms with E-state index in [-0.39, 0.29) is 11.7 Å². The van der Waals surface area contributed by atoms with E-state index in [1.54, 1.807) is 12.1 Å². The standard InChI is InChI=1S/C17H22ClN5O3S/c1-25-14-9-15(26-2)13(8-12(14)18)19-16(24)10-27-17-20-21-22-23(17)11-6-4-3-5-7-11/h8-9,11H,3-7,10H2,1-2H3,(H,19,24). The normalized spacial score (nSPS) is 14.8. The van der Waals surface area contributed by atoms with Crippen LogP contribution in [0.4, 0.5) is 5.69 Å². The Balaban J connectivity index is 1.62. The zero-order valence-electron chi connectivity index (χ0n) is 15.3. The maximum absolute atomic E-state index is 12.4. The summed E-state index contributed by atoms with van der Waals surface area (Å²) >= 11 is 7.46. The Kier molecular flexibility index (Phi) is 6.78. The Labute approximate surface area is 166 Å². The zero-order chi connectivity index (χ0) is 19.2. The molecule has 1 aliphatic rings. The molecule has 0 saturated heterocycles. The van der Waals surface area contributed by atoms with Crippen molar-refractivity contribution >= 4 is 35.0 Å². The first kappa shape index (κ1) is 19.8. The highest BCUT2D eigenvalue weighted by Gasteiger charge is 2.21. The topological polar surface area (TPSA) is 91.2 Å². The molecule has 3 rings (SSSR count). The fourth-order valence-corrected chi connectivity index (χ4v) is 4.09. The Morgan fingerprint density at radius 2 is 2.00 bits per heavy atom. The first-order chi connectivity index (χ1) is 13.1. The van der Waals surface area contributed by atoms with E-state index in [4.69, 9.17) is 21.1 Å². The molecule has 10 heteroatoms. The minimum Gasteiger partial charge on any atom is -0.495 e. The van der Waals surface area contributed by atoms with E-state index in [0.717, 1.165) is 12.8 Å². The summed E-state index contributed by atoms with van der Waals surface area (Å²) in [6, 6.07) is 3.56. The summed E-state index contributed by atoms with van der Waals surface area (Å²) in [4.78, 5) is 12.4. The van der Waals surface area contributed by atoms with Crippen molar-refractivity contribution in [3.05, 3.63) is 17.2 Å². The van der Waals surface area contributed by atoms with Crippen LogP contribution in [0.2, 0.25) is 5.02 Å². The lowest BCUT2D eigenvalue weighted by Crippen LogP contribution is -2.18. The summed E-state index contributed by atoms with van der Waals surface area (Å²) in [5.74, 6) is 0.937. The number of ether oxygens (including phenoxy) is 2. The molecule has 1 aliphatic carbocycles. The van der Waals surface area contributed by atoms with Crippen molar-refractivity contribution in [2.45, 2.75) is 43.3 Å². The maximum Gasteiger partial charge on any atom is 0.234 e. The summed E-state index contributed by atoms with van der Waals surface area (Å²) in [6.45, 7) is 0. The second-order valence-electron chi connectivity index (χ2n) is 6.22. The Bertz CT molecular complexity index is 795. The number of nitrogens with one attached hydrogen (secondary N) is 1. The number of carbonyl (C=O) groups excluding carboxylic acids is 1. The van der Waals surface area contributed by atoms with Gasteiger partial charge in [0.25, 0.3) is 0 Å². The molecule has 0 bridgehead atoms. The van der Waals surface area contributed by atoms with E-state index in [9.17, 15) is 4.79 Å². The highest BCUT2D eigenvalue weighted by Crippen LogP contribution is 2.36. The number of anilines is 1. The van der Waals surface area contributed by atoms with E-state index in [1.807, 2.05) is 4.68 Å². The van der Waals surface area contributed by atoms with Crippen LogP contribution in [0.5, 0.6) is 11.5 Å². The number of thioether (sulfide) groups is 1. The first-order valence-corrected chi connectivity index (χ1v) is 10.1. The quantitative estimate of drug-likeness (QED) is 0.696. The summed E-state index contributed by atoms with van der Waals surface area (Å²) in [7, 11) is 3.04. The SMILES string of the molecule is COc1cc(OC)c(NC(=O)CSc2nnnn2C2CCCCC2)cc1Cl. The number of rotatable bonds is 7. The van der Waals surface area contributed by atoms with Crippen LogP contribution < -0.4 is 14.8 Å². The van der Waals surface area contributed by atoms with E-state index in [1.165, 1.54) is 45.2 Å². The number of aromatic nitrogens is 4. The highest BCUT2D eigenvalue weighted by molar-refractivity contribution is 7.99. The molecule has 8 nitrogen and oxygen atoms in total. The van der Waals surface area contributed by atoms with Crippen molar-refractivity contribution < 1.29 is 14.3 Å². The lowest BCUT2D eigenvalue weighted by atomic mass is 9.96. The molecule has 0 radical (unpaired) electrons. The van der Waals surface area contributed by atoms with Crippen LogP contribution in [0.3, 0.4) is 0 Å². The van der Waals surface area contributed by atoms with E-state index in [2.05, 4.69) is 20.8 Å². The molecule has 1 aromatic heterocycles. The molecular formula is C17H22ClN5O3S. The van der Waals surface area contributed by atoms with Gasteiger partial charge in [-0.25, -0.2) is 4.68 Å². The summed E-state index contributed by atoms with van der Waals surface area (Å²) in [5.41, 5.74) is 0.487. The van der Waals surface area contributed by atoms with Gasteiger partial charge in [0.15, 0.2) is 0 Å². The summed E-state index contributed by atoms with van der Waals surface area (Å²) in [6.07, 6.45) is 5.79. The van der Waals surface area contributed by atoms with Crippen molar-refractivity contribution in [3.8, 4) is 11.5 Å². The number of hydrogen-bond donors (Lipinski definition) is 1. The largest absolute Gasteiger partial charge is 0.495 e. The lowest BCUT2D eigenvalue weighted by molar-refractivity contribution is -0.113. The molecule has 2 aromatic rings. The number of carbonyl (C=O) groups is 1. The molecule has 146 valence electrons. The van der Waals surface area contributed by atoms with Gasteiger partial charge in [-0.3, -0.25) is 4.79 Å². The van der Waals surface area contributed by atoms with Crippen molar-refractivity contribution in [1.29, 1.82) is 0 Å². The highest BCUT2D eigenvalue weighted by atomic mass is 35.5. The Morgan fingerprint density at radius 3 is 2.70 bits per heavy atom. The molecule has 0 unspecified atom stereocenters. The van der Waals surface area contributed by atoms with Crippen molar-refractivity contribution in [2.75, 3.05) is 25.3 Å². The predicted molar refractivity (Wildman–Crippen MR) is 104 cm³/mol. The van der Waals surface area contributed by atoms with Gasteiger partial charge >= 0.3 is 0 Å². The second kappa shape index (κ2) is 9.27. The molecule has 0 spiro atoms. The van der Waals surface area contributed by atoms with Gasteiger partial charge in [0.1, 0.15) is 11.5 Å². The average molecular weight is 412 g/mol. The molecule has 27 heavy (non-hydrogen) atoms. The minimum atomic E-state index is -0.197. The number of benzene rings is 1. The number of tetrazole rings is 1. The fourth-order valence-electron chi connectivity index (χ4n) is 3.11. The van der Waals surface area contributed by atoms with Gasteiger partial charge in [-0.05, 0) is 29.3 Å². The van der Waals surface area contributed by atoms with Crippen LogP contribution in [0.25, 0.3) is 0 Å². The monoisotopic (exact) mass is 411 g/mol. The number of amides is 1. The molecule has 1 N–H and O–H groups in total. The van der Waals surface area contributed by atoms with Gasteiger partial charge in [0, 0.05) is 6.07 Å². The number of hydrogen-bond acceptors (Lipinski definition) is 7. The third-order valence-corrected chi connectivity index (χ3v) is 5.69. The van der Waals surface area contributed by atoms with Gasteiger partial charge in [-0.1, -0.05) is 42.6 Å². The molecule has 0 aliphatic heterocycles. The van der Waals surface area contributed by atoms with Crippen molar-refractivity contribution in [1.82, 2.24) is 20.2 Å². The molecule has 1 heterocycles. The third kappa shape index (κ3) is 4.84. The molecule has 1 fully saturated rings. The minimum absolute atomic E-state index is 0.180. The molecule has 1 saturated carbocycles. The predicted octanol–water partition coefficient (Wildman–Crippen LogP) is 3.58. The van der Waals surface area contributed by atoms with Gasteiger partial charge in [0.05, 0.1) is 36.7 Å². The van der Waals surface area contributed by atoms with Gasteiger partial charge in [-0.2, -0.15) is 0 Å². The summed E-state index contributed by atoms with van der Waals surface area (Å²) < 4.78 is 12.3. The number of halogens is 1. The molecule has 0 atom stereocenters. The van der Waals surface area contributed by atoms with Gasteiger partial charge in [-0.15, -0.1) is 5.10 Å². The third-order valence-electron chi connectivity index (χ3n) is 4.46. The van der Waals surface area contributed by atoms with Gasteiger partial charge in [0.2, 0.25) is 11.1 Å². The molecule has 1 aromatic carbocycles. The van der Waals surface area contributed by atoms with Crippen LogP contribution in [0, 0.1) is 0 Å². The number of methoxy groups -OCH3 is 2. The smallest absolute Gasteiger partial charge is 0.234 e. The maximum atomic E-state index is 12.4.